The van der Waals surface area contributed by atoms with E-state index in [9.17, 15) is 4.79 Å². The van der Waals surface area contributed by atoms with Crippen molar-refractivity contribution in [2.75, 3.05) is 13.7 Å². The van der Waals surface area contributed by atoms with E-state index in [2.05, 4.69) is 5.32 Å². The molecule has 0 fully saturated rings. The molecule has 0 saturated heterocycles. The summed E-state index contributed by atoms with van der Waals surface area (Å²) in [5.41, 5.74) is 4.23. The van der Waals surface area contributed by atoms with Crippen molar-refractivity contribution in [3.63, 3.8) is 0 Å². The third-order valence-corrected chi connectivity index (χ3v) is 5.74. The molecule has 0 saturated carbocycles. The van der Waals surface area contributed by atoms with E-state index in [-0.39, 0.29) is 5.91 Å². The van der Waals surface area contributed by atoms with Crippen LogP contribution in [-0.4, -0.2) is 19.6 Å². The molecule has 0 spiro atoms. The van der Waals surface area contributed by atoms with Gasteiger partial charge in [-0.3, -0.25) is 4.79 Å². The number of carbonyl (C=O) groups is 1. The lowest BCUT2D eigenvalue weighted by molar-refractivity contribution is -0.120. The minimum absolute atomic E-state index is 0.0114. The number of ether oxygens (including phenoxy) is 3. The fraction of sp³-hybridized carbons (Fsp3) is 0.194. The van der Waals surface area contributed by atoms with Gasteiger partial charge in [0.15, 0.2) is 11.5 Å². The monoisotopic (exact) mass is 481 g/mol. The minimum atomic E-state index is -0.0114. The summed E-state index contributed by atoms with van der Waals surface area (Å²) < 4.78 is 17.2. The van der Waals surface area contributed by atoms with Gasteiger partial charge in [-0.25, -0.2) is 0 Å². The number of carbonyl (C=O) groups excluding carboxylic acids is 1. The molecule has 0 aliphatic heterocycles. The molecule has 0 bridgehead atoms. The summed E-state index contributed by atoms with van der Waals surface area (Å²) >= 11 is 0. The topological polar surface area (TPSA) is 56.8 Å². The highest BCUT2D eigenvalue weighted by Gasteiger charge is 2.08. The van der Waals surface area contributed by atoms with Gasteiger partial charge < -0.3 is 19.5 Å². The van der Waals surface area contributed by atoms with Crippen molar-refractivity contribution in [3.8, 4) is 17.2 Å². The molecule has 0 aliphatic carbocycles. The van der Waals surface area contributed by atoms with Crippen LogP contribution in [0.15, 0.2) is 103 Å². The highest BCUT2D eigenvalue weighted by Crippen LogP contribution is 2.29. The predicted octanol–water partition coefficient (Wildman–Crippen LogP) is 5.75. The smallest absolute Gasteiger partial charge is 0.224 e. The molecule has 5 nitrogen and oxygen atoms in total. The van der Waals surface area contributed by atoms with Crippen molar-refractivity contribution in [1.29, 1.82) is 0 Å². The lowest BCUT2D eigenvalue weighted by Gasteiger charge is -2.13. The van der Waals surface area contributed by atoms with Gasteiger partial charge in [-0.2, -0.15) is 0 Å². The lowest BCUT2D eigenvalue weighted by Crippen LogP contribution is -2.27. The van der Waals surface area contributed by atoms with Gasteiger partial charge in [0.05, 0.1) is 13.5 Å². The van der Waals surface area contributed by atoms with E-state index in [0.717, 1.165) is 28.0 Å². The largest absolute Gasteiger partial charge is 0.493 e. The Labute approximate surface area is 212 Å². The van der Waals surface area contributed by atoms with Gasteiger partial charge in [-0.05, 0) is 52.9 Å². The number of hydrogen-bond acceptors (Lipinski definition) is 4. The molecule has 4 aromatic carbocycles. The van der Waals surface area contributed by atoms with Crippen LogP contribution < -0.4 is 19.5 Å². The highest BCUT2D eigenvalue weighted by molar-refractivity contribution is 5.78. The van der Waals surface area contributed by atoms with Gasteiger partial charge >= 0.3 is 0 Å². The molecule has 4 aromatic rings. The number of amides is 1. The third kappa shape index (κ3) is 7.64. The van der Waals surface area contributed by atoms with Crippen LogP contribution in [0, 0.1) is 0 Å². The van der Waals surface area contributed by atoms with Gasteiger partial charge in [0.2, 0.25) is 5.91 Å². The summed E-state index contributed by atoms with van der Waals surface area (Å²) in [7, 11) is 1.63. The van der Waals surface area contributed by atoms with E-state index in [0.29, 0.717) is 44.1 Å². The van der Waals surface area contributed by atoms with Crippen LogP contribution in [0.3, 0.4) is 0 Å². The van der Waals surface area contributed by atoms with Gasteiger partial charge in [0, 0.05) is 6.54 Å². The van der Waals surface area contributed by atoms with Crippen LogP contribution in [0.4, 0.5) is 0 Å². The summed E-state index contributed by atoms with van der Waals surface area (Å²) in [4.78, 5) is 12.4. The molecule has 1 N–H and O–H groups in total. The minimum Gasteiger partial charge on any atom is -0.493 e. The average molecular weight is 482 g/mol. The number of benzene rings is 4. The van der Waals surface area contributed by atoms with E-state index in [1.165, 1.54) is 0 Å². The molecule has 0 aliphatic rings. The molecule has 1 amide bonds. The van der Waals surface area contributed by atoms with Crippen LogP contribution in [0.2, 0.25) is 0 Å². The van der Waals surface area contributed by atoms with Crippen LogP contribution in [-0.2, 0) is 30.8 Å². The van der Waals surface area contributed by atoms with Crippen molar-refractivity contribution in [2.45, 2.75) is 26.1 Å². The van der Waals surface area contributed by atoms with E-state index in [1.807, 2.05) is 103 Å². The molecule has 0 unspecified atom stereocenters. The number of hydrogen-bond donors (Lipinski definition) is 1. The first-order valence-corrected chi connectivity index (χ1v) is 12.1. The number of nitrogens with one attached hydrogen (secondary N) is 1. The fourth-order valence-electron chi connectivity index (χ4n) is 3.76. The summed E-state index contributed by atoms with van der Waals surface area (Å²) in [5.74, 6) is 2.16. The van der Waals surface area contributed by atoms with Crippen molar-refractivity contribution in [3.05, 3.63) is 125 Å². The molecule has 0 radical (unpaired) electrons. The van der Waals surface area contributed by atoms with Crippen LogP contribution in [0.25, 0.3) is 0 Å². The normalized spacial score (nSPS) is 10.5. The molecule has 0 heterocycles. The van der Waals surface area contributed by atoms with E-state index < -0.39 is 0 Å². The Morgan fingerprint density at radius 2 is 1.28 bits per heavy atom. The number of methoxy groups -OCH3 is 1. The van der Waals surface area contributed by atoms with Crippen molar-refractivity contribution >= 4 is 5.91 Å². The quantitative estimate of drug-likeness (QED) is 0.280. The fourth-order valence-corrected chi connectivity index (χ4v) is 3.76. The summed E-state index contributed by atoms with van der Waals surface area (Å²) in [6.45, 7) is 1.54. The van der Waals surface area contributed by atoms with Gasteiger partial charge in [0.25, 0.3) is 0 Å². The van der Waals surface area contributed by atoms with E-state index >= 15 is 0 Å². The Morgan fingerprint density at radius 1 is 0.667 bits per heavy atom. The Hall–Kier alpha value is -4.25. The van der Waals surface area contributed by atoms with Crippen molar-refractivity contribution < 1.29 is 19.0 Å². The maximum absolute atomic E-state index is 12.4. The SMILES string of the molecule is COc1cc(CCNC(=O)Cc2ccc(OCc3ccccc3)cc2)ccc1OCc1ccccc1. The summed E-state index contributed by atoms with van der Waals surface area (Å²) in [6.07, 6.45) is 1.03. The molecule has 0 atom stereocenters. The first-order valence-electron chi connectivity index (χ1n) is 12.1. The second kappa shape index (κ2) is 13.0. The standard InChI is InChI=1S/C31H31NO4/c1-34-30-20-25(14-17-29(30)36-23-27-10-6-3-7-11-27)18-19-32-31(33)21-24-12-15-28(16-13-24)35-22-26-8-4-2-5-9-26/h2-17,20H,18-19,21-23H2,1H3,(H,32,33). The Bertz CT molecular complexity index is 1220. The Balaban J connectivity index is 1.20. The maximum atomic E-state index is 12.4. The Kier molecular flexibility index (Phi) is 8.98. The second-order valence-corrected chi connectivity index (χ2v) is 8.45. The van der Waals surface area contributed by atoms with Crippen LogP contribution in [0.1, 0.15) is 22.3 Å². The zero-order valence-corrected chi connectivity index (χ0v) is 20.5. The van der Waals surface area contributed by atoms with Crippen molar-refractivity contribution in [1.82, 2.24) is 5.32 Å². The molecule has 0 aromatic heterocycles. The maximum Gasteiger partial charge on any atom is 0.224 e. The van der Waals surface area contributed by atoms with E-state index in [4.69, 9.17) is 14.2 Å². The molecular weight excluding hydrogens is 450 g/mol. The molecule has 4 rings (SSSR count). The zero-order chi connectivity index (χ0) is 25.0. The molecule has 184 valence electrons. The highest BCUT2D eigenvalue weighted by atomic mass is 16.5. The third-order valence-electron chi connectivity index (χ3n) is 5.74. The lowest BCUT2D eigenvalue weighted by atomic mass is 10.1. The van der Waals surface area contributed by atoms with Gasteiger partial charge in [0.1, 0.15) is 19.0 Å². The molecule has 5 heteroatoms. The first-order chi connectivity index (χ1) is 17.7. The van der Waals surface area contributed by atoms with Gasteiger partial charge in [-0.1, -0.05) is 78.9 Å². The second-order valence-electron chi connectivity index (χ2n) is 8.45. The van der Waals surface area contributed by atoms with Gasteiger partial charge in [-0.15, -0.1) is 0 Å². The van der Waals surface area contributed by atoms with E-state index in [1.54, 1.807) is 7.11 Å². The molecular formula is C31H31NO4. The average Bonchev–Trinajstić information content (AvgIpc) is 2.93. The van der Waals surface area contributed by atoms with Crippen LogP contribution >= 0.6 is 0 Å². The summed E-state index contributed by atoms with van der Waals surface area (Å²) in [6, 6.07) is 33.6. The van der Waals surface area contributed by atoms with Crippen molar-refractivity contribution in [2.24, 2.45) is 0 Å². The number of rotatable bonds is 12. The first kappa shape index (κ1) is 24.9. The summed E-state index contributed by atoms with van der Waals surface area (Å²) in [5, 5.41) is 3.00. The van der Waals surface area contributed by atoms with Crippen LogP contribution in [0.5, 0.6) is 17.2 Å². The Morgan fingerprint density at radius 3 is 1.92 bits per heavy atom. The zero-order valence-electron chi connectivity index (χ0n) is 20.5. The molecule has 36 heavy (non-hydrogen) atoms. The predicted molar refractivity (Wildman–Crippen MR) is 141 cm³/mol.